The van der Waals surface area contributed by atoms with Crippen molar-refractivity contribution in [3.8, 4) is 68.3 Å². The smallest absolute Gasteiger partial charge is 0.325 e. The van der Waals surface area contributed by atoms with Crippen molar-refractivity contribution in [1.29, 1.82) is 0 Å². The van der Waals surface area contributed by atoms with Crippen LogP contribution in [-0.2, 0) is 62.6 Å². The molecule has 0 saturated heterocycles. The van der Waals surface area contributed by atoms with Crippen molar-refractivity contribution in [2.24, 2.45) is 35.5 Å². The molecule has 0 aliphatic heterocycles. The summed E-state index contributed by atoms with van der Waals surface area (Å²) in [6.45, 7) is 17.8. The van der Waals surface area contributed by atoms with Gasteiger partial charge < -0.3 is 74.1 Å². The van der Waals surface area contributed by atoms with Crippen LogP contribution in [0, 0.1) is 35.5 Å². The first-order chi connectivity index (χ1) is 55.6. The van der Waals surface area contributed by atoms with E-state index in [1.165, 1.54) is 46.1 Å². The van der Waals surface area contributed by atoms with Crippen LogP contribution in [0.3, 0.4) is 0 Å². The van der Waals surface area contributed by atoms with Gasteiger partial charge in [-0.3, -0.25) is 57.2 Å². The number of methoxy groups -OCH3 is 9. The number of carbonyl (C=O) groups excluding carboxylic acids is 9. The summed E-state index contributed by atoms with van der Waals surface area (Å²) in [5.74, 6) is 1.68. The van der Waals surface area contributed by atoms with E-state index < -0.39 is 59.7 Å². The molecule has 30 heteroatoms. The number of ether oxygens (including phenoxy) is 9. The summed E-state index contributed by atoms with van der Waals surface area (Å²) >= 11 is 0. The van der Waals surface area contributed by atoms with Gasteiger partial charge in [0, 0.05) is 50.3 Å². The molecule has 0 spiro atoms. The monoisotopic (exact) mass is 1610 g/mol. The van der Waals surface area contributed by atoms with Crippen LogP contribution in [0.5, 0.6) is 34.5 Å². The summed E-state index contributed by atoms with van der Waals surface area (Å²) in [5, 5.41) is 28.0. The number of carbonyl (C=O) groups is 9. The predicted octanol–water partition coefficient (Wildman–Crippen LogP) is 11.7. The number of likely N-dealkylation sites (N-methyl/N-ethyl adjacent to an activating group) is 1. The lowest BCUT2D eigenvalue weighted by molar-refractivity contribution is -0.146. The summed E-state index contributed by atoms with van der Waals surface area (Å²) < 4.78 is 52.7. The number of nitrogens with one attached hydrogen (secondary N) is 5. The molecular weight excluding hydrogens is 1490 g/mol. The zero-order valence-corrected chi connectivity index (χ0v) is 71.4. The van der Waals surface area contributed by atoms with E-state index in [1.807, 2.05) is 77.8 Å². The van der Waals surface area contributed by atoms with E-state index in [4.69, 9.17) is 33.5 Å². The van der Waals surface area contributed by atoms with Crippen molar-refractivity contribution < 1.29 is 85.8 Å². The number of benzene rings is 3. The number of hydrogen-bond acceptors (Lipinski definition) is 21. The molecule has 3 aromatic heterocycles. The minimum Gasteiger partial charge on any atom is -0.497 e. The molecule has 2 fully saturated rings. The third kappa shape index (κ3) is 28.4. The SMILES string of the molecule is CCC(C)Cn1nc(C(=O)N[C@@H](CC2CCCCC2)C(=O)NCC(=O)OC)cc1-c1cc(OC)ccc1OC.CCC(CC)Cn1nc(C(=O)N[C@@H](CC2CCCCC2)C(=O)NCC(=O)OC)cc1-c1cc(OC)ccc1OC.COC(=O)CN(C)C(=O)C[C@H](CC(C)C)NC(=O)c1cc(-c2c(OC)cccc2OC)n(CC(C)C)n1. The molecule has 8 rings (SSSR count). The van der Waals surface area contributed by atoms with Crippen LogP contribution >= 0.6 is 0 Å². The fourth-order valence-electron chi connectivity index (χ4n) is 14.2. The highest BCUT2D eigenvalue weighted by Crippen LogP contribution is 2.41. The summed E-state index contributed by atoms with van der Waals surface area (Å²) in [7, 11) is 14.9. The van der Waals surface area contributed by atoms with E-state index >= 15 is 0 Å². The molecule has 6 aromatic rings. The summed E-state index contributed by atoms with van der Waals surface area (Å²) in [5.41, 5.74) is 5.00. The maximum Gasteiger partial charge on any atom is 0.325 e. The predicted molar refractivity (Wildman–Crippen MR) is 441 cm³/mol. The van der Waals surface area contributed by atoms with Crippen molar-refractivity contribution in [2.75, 3.05) is 90.7 Å². The Labute approximate surface area is 683 Å². The van der Waals surface area contributed by atoms with E-state index in [1.54, 1.807) is 65.5 Å². The minimum atomic E-state index is -0.792. The number of amides is 6. The van der Waals surface area contributed by atoms with Crippen LogP contribution < -0.4 is 55.0 Å². The van der Waals surface area contributed by atoms with Crippen LogP contribution in [0.25, 0.3) is 33.8 Å². The standard InChI is InChI=1S/C30H44N4O6.C29H42N4O6.C27H40N4O6/c1-6-20(7-2)19-34-26(23-16-22(38-3)13-14-27(23)39-4)17-25(33-34)30(37)32-24(15-21-11-9-8-10-12-21)29(36)31-18-28(35)40-5;1-6-19(2)18-33-25(22-15-21(37-3)12-13-26(22)38-4)16-24(32-33)29(36)31-23(14-20-10-8-7-9-11-20)28(35)30-17-27(34)39-5;1-17(2)12-19(13-24(32)30(5)16-25(33)37-8)28-27(34)20-14-21(31(29-20)15-18(3)4)26-22(35-6)10-9-11-23(26)36-7/h13-14,16-17,20-21,24H,6-12,15,18-19H2,1-5H3,(H,31,36)(H,32,37);12-13,15-16,19-20,23H,6-11,14,17-18H2,1-5H3,(H,30,35)(H,31,36);9-11,14,17-19H,12-13,15-16H2,1-8H3,(H,28,34)/t24-;19?,23-;19-/m000/s1. The molecule has 2 aliphatic carbocycles. The molecule has 2 saturated carbocycles. The largest absolute Gasteiger partial charge is 0.497 e. The first-order valence-corrected chi connectivity index (χ1v) is 40.4. The lowest BCUT2D eigenvalue weighted by Crippen LogP contribution is -2.49. The van der Waals surface area contributed by atoms with E-state index in [9.17, 15) is 43.2 Å². The fraction of sp³-hybridized carbons (Fsp3) is 0.581. The van der Waals surface area contributed by atoms with Gasteiger partial charge in [-0.25, -0.2) is 0 Å². The highest BCUT2D eigenvalue weighted by Gasteiger charge is 2.33. The summed E-state index contributed by atoms with van der Waals surface area (Å²) in [6, 6.07) is 19.7. The second kappa shape index (κ2) is 48.0. The second-order valence-corrected chi connectivity index (χ2v) is 30.5. The van der Waals surface area contributed by atoms with Crippen LogP contribution in [0.4, 0.5) is 0 Å². The molecule has 6 amide bonds. The molecule has 0 radical (unpaired) electrons. The molecule has 3 heterocycles. The van der Waals surface area contributed by atoms with Crippen molar-refractivity contribution in [2.45, 2.75) is 202 Å². The van der Waals surface area contributed by atoms with Gasteiger partial charge in [0.05, 0.1) is 86.6 Å². The van der Waals surface area contributed by atoms with E-state index in [0.717, 1.165) is 93.1 Å². The molecular formula is C86H126N12O18. The number of aromatic nitrogens is 6. The number of hydrogen-bond donors (Lipinski definition) is 5. The third-order valence-electron chi connectivity index (χ3n) is 21.0. The molecule has 4 atom stereocenters. The van der Waals surface area contributed by atoms with Gasteiger partial charge in [0.2, 0.25) is 17.7 Å². The Hall–Kier alpha value is -10.7. The van der Waals surface area contributed by atoms with Crippen LogP contribution in [0.1, 0.15) is 196 Å². The molecule has 2 aliphatic rings. The topological polar surface area (TPSA) is 354 Å². The molecule has 0 bridgehead atoms. The van der Waals surface area contributed by atoms with Crippen LogP contribution in [0.15, 0.2) is 72.8 Å². The van der Waals surface area contributed by atoms with Gasteiger partial charge in [-0.05, 0) is 121 Å². The Bertz CT molecular complexity index is 4150. The molecule has 1 unspecified atom stereocenters. The number of nitrogens with zero attached hydrogens (tertiary/aromatic N) is 7. The molecule has 638 valence electrons. The van der Waals surface area contributed by atoms with Gasteiger partial charge in [-0.2, -0.15) is 15.3 Å². The Morgan fingerprint density at radius 2 is 0.879 bits per heavy atom. The lowest BCUT2D eigenvalue weighted by Gasteiger charge is -2.26. The Balaban J connectivity index is 0.000000271. The Kier molecular flexibility index (Phi) is 39.0. The van der Waals surface area contributed by atoms with Gasteiger partial charge in [-0.1, -0.05) is 145 Å². The Morgan fingerprint density at radius 1 is 0.466 bits per heavy atom. The van der Waals surface area contributed by atoms with Gasteiger partial charge >= 0.3 is 17.9 Å². The second-order valence-electron chi connectivity index (χ2n) is 30.5. The van der Waals surface area contributed by atoms with Gasteiger partial charge in [0.15, 0.2) is 17.1 Å². The van der Waals surface area contributed by atoms with Gasteiger partial charge in [0.1, 0.15) is 66.2 Å². The quantitative estimate of drug-likeness (QED) is 0.0176. The van der Waals surface area contributed by atoms with Crippen molar-refractivity contribution in [3.63, 3.8) is 0 Å². The van der Waals surface area contributed by atoms with E-state index in [-0.39, 0.29) is 66.8 Å². The van der Waals surface area contributed by atoms with Gasteiger partial charge in [0.25, 0.3) is 17.7 Å². The zero-order valence-electron chi connectivity index (χ0n) is 71.4. The van der Waals surface area contributed by atoms with Crippen LogP contribution in [-0.4, -0.2) is 196 Å². The summed E-state index contributed by atoms with van der Waals surface area (Å²) in [4.78, 5) is 115. The lowest BCUT2D eigenvalue weighted by atomic mass is 9.84. The normalized spacial score (nSPS) is 13.9. The average molecular weight is 1620 g/mol. The fourth-order valence-corrected chi connectivity index (χ4v) is 14.2. The Morgan fingerprint density at radius 3 is 1.27 bits per heavy atom. The van der Waals surface area contributed by atoms with Gasteiger partial charge in [-0.15, -0.1) is 0 Å². The summed E-state index contributed by atoms with van der Waals surface area (Å²) in [6.07, 6.45) is 15.4. The molecule has 116 heavy (non-hydrogen) atoms. The van der Waals surface area contributed by atoms with E-state index in [2.05, 4.69) is 92.5 Å². The van der Waals surface area contributed by atoms with Crippen LogP contribution in [0.2, 0.25) is 0 Å². The third-order valence-corrected chi connectivity index (χ3v) is 21.0. The first kappa shape index (κ1) is 94.2. The van der Waals surface area contributed by atoms with E-state index in [0.29, 0.717) is 108 Å². The molecule has 30 nitrogen and oxygen atoms in total. The molecule has 3 aromatic carbocycles. The highest BCUT2D eigenvalue weighted by atomic mass is 16.5. The molecule has 5 N–H and O–H groups in total. The highest BCUT2D eigenvalue weighted by molar-refractivity contribution is 5.99. The zero-order chi connectivity index (χ0) is 85.1. The maximum atomic E-state index is 13.6. The minimum absolute atomic E-state index is 0.0529. The number of rotatable bonds is 40. The van der Waals surface area contributed by atoms with Crippen molar-refractivity contribution >= 4 is 53.4 Å². The number of esters is 3. The van der Waals surface area contributed by atoms with Crippen molar-refractivity contribution in [3.05, 3.63) is 89.9 Å². The van der Waals surface area contributed by atoms with Crippen molar-refractivity contribution in [1.82, 2.24) is 60.8 Å². The maximum absolute atomic E-state index is 13.6. The first-order valence-electron chi connectivity index (χ1n) is 40.4. The average Bonchev–Trinajstić information content (AvgIpc) is 1.75.